The van der Waals surface area contributed by atoms with Crippen molar-refractivity contribution in [3.8, 4) is 0 Å². The molecule has 0 spiro atoms. The average molecular weight is 382 g/mol. The monoisotopic (exact) mass is 381 g/mol. The molecule has 3 rings (SSSR count). The maximum absolute atomic E-state index is 12.6. The number of halogens is 1. The minimum Gasteiger partial charge on any atom is -0.465 e. The number of anilines is 1. The topological polar surface area (TPSA) is 82.5 Å². The van der Waals surface area contributed by atoms with Crippen LogP contribution >= 0.6 is 15.9 Å². The fourth-order valence-corrected chi connectivity index (χ4v) is 4.38. The SMILES string of the molecule is CC(C)(C)[C@@]12C[C@H]1C[C@@H](C(=O)Nc1cccc(Br)n1)N2C(=O)O. The Kier molecular flexibility index (Phi) is 3.66. The summed E-state index contributed by atoms with van der Waals surface area (Å²) >= 11 is 3.25. The van der Waals surface area contributed by atoms with Crippen LogP contribution in [0.2, 0.25) is 0 Å². The van der Waals surface area contributed by atoms with Gasteiger partial charge in [0.15, 0.2) is 0 Å². The average Bonchev–Trinajstić information content (AvgIpc) is 3.04. The summed E-state index contributed by atoms with van der Waals surface area (Å²) < 4.78 is 0.617. The van der Waals surface area contributed by atoms with Crippen molar-refractivity contribution in [2.75, 3.05) is 5.32 Å². The molecule has 1 aliphatic heterocycles. The van der Waals surface area contributed by atoms with Crippen LogP contribution in [0.1, 0.15) is 33.6 Å². The molecule has 23 heavy (non-hydrogen) atoms. The number of carbonyl (C=O) groups is 2. The van der Waals surface area contributed by atoms with Gasteiger partial charge in [0.05, 0.1) is 5.54 Å². The van der Waals surface area contributed by atoms with Crippen LogP contribution in [0.3, 0.4) is 0 Å². The van der Waals surface area contributed by atoms with Crippen LogP contribution in [0.15, 0.2) is 22.8 Å². The van der Waals surface area contributed by atoms with E-state index in [-0.39, 0.29) is 17.2 Å². The van der Waals surface area contributed by atoms with Gasteiger partial charge in [-0.15, -0.1) is 0 Å². The van der Waals surface area contributed by atoms with Gasteiger partial charge in [-0.3, -0.25) is 9.69 Å². The normalized spacial score (nSPS) is 29.1. The Morgan fingerprint density at radius 3 is 2.70 bits per heavy atom. The van der Waals surface area contributed by atoms with E-state index < -0.39 is 17.7 Å². The number of likely N-dealkylation sites (tertiary alicyclic amines) is 1. The third kappa shape index (κ3) is 2.51. The van der Waals surface area contributed by atoms with Gasteiger partial charge in [0.25, 0.3) is 0 Å². The van der Waals surface area contributed by atoms with E-state index in [1.54, 1.807) is 18.2 Å². The van der Waals surface area contributed by atoms with E-state index in [1.165, 1.54) is 4.90 Å². The van der Waals surface area contributed by atoms with Gasteiger partial charge in [-0.1, -0.05) is 26.8 Å². The van der Waals surface area contributed by atoms with E-state index in [0.717, 1.165) is 6.42 Å². The van der Waals surface area contributed by atoms with E-state index >= 15 is 0 Å². The Bertz CT molecular complexity index is 673. The highest BCUT2D eigenvalue weighted by molar-refractivity contribution is 9.10. The number of hydrogen-bond donors (Lipinski definition) is 2. The van der Waals surface area contributed by atoms with Crippen molar-refractivity contribution in [3.05, 3.63) is 22.8 Å². The maximum atomic E-state index is 12.6. The predicted molar refractivity (Wildman–Crippen MR) is 89.1 cm³/mol. The molecule has 2 N–H and O–H groups in total. The predicted octanol–water partition coefficient (Wildman–Crippen LogP) is 3.34. The molecule has 1 saturated carbocycles. The fourth-order valence-electron chi connectivity index (χ4n) is 4.04. The number of aromatic nitrogens is 1. The van der Waals surface area contributed by atoms with Gasteiger partial charge in [-0.05, 0) is 52.2 Å². The molecule has 2 amide bonds. The van der Waals surface area contributed by atoms with E-state index in [1.807, 2.05) is 20.8 Å². The van der Waals surface area contributed by atoms with Gasteiger partial charge in [-0.2, -0.15) is 0 Å². The van der Waals surface area contributed by atoms with Crippen molar-refractivity contribution >= 4 is 33.7 Å². The van der Waals surface area contributed by atoms with Gasteiger partial charge < -0.3 is 10.4 Å². The molecule has 1 aromatic heterocycles. The quantitative estimate of drug-likeness (QED) is 0.769. The lowest BCUT2D eigenvalue weighted by molar-refractivity contribution is -0.121. The Hall–Kier alpha value is -1.63. The number of nitrogens with one attached hydrogen (secondary N) is 1. The highest BCUT2D eigenvalue weighted by Crippen LogP contribution is 2.66. The number of fused-ring (bicyclic) bond motifs is 1. The second-order valence-corrected chi connectivity index (χ2v) is 8.13. The molecule has 3 atom stereocenters. The first kappa shape index (κ1) is 16.2. The largest absolute Gasteiger partial charge is 0.465 e. The summed E-state index contributed by atoms with van der Waals surface area (Å²) in [6, 6.07) is 4.55. The fraction of sp³-hybridized carbons (Fsp3) is 0.562. The van der Waals surface area contributed by atoms with Crippen molar-refractivity contribution in [3.63, 3.8) is 0 Å². The Labute approximate surface area is 143 Å². The molecule has 2 fully saturated rings. The van der Waals surface area contributed by atoms with Gasteiger partial charge in [-0.25, -0.2) is 9.78 Å². The minimum atomic E-state index is -1.03. The Morgan fingerprint density at radius 2 is 2.13 bits per heavy atom. The molecule has 0 bridgehead atoms. The summed E-state index contributed by atoms with van der Waals surface area (Å²) in [4.78, 5) is 30.0. The van der Waals surface area contributed by atoms with Crippen molar-refractivity contribution < 1.29 is 14.7 Å². The molecule has 1 aromatic rings. The maximum Gasteiger partial charge on any atom is 0.408 e. The summed E-state index contributed by atoms with van der Waals surface area (Å²) in [5, 5.41) is 12.4. The summed E-state index contributed by atoms with van der Waals surface area (Å²) in [6.07, 6.45) is 0.382. The molecular weight excluding hydrogens is 362 g/mol. The molecule has 0 radical (unpaired) electrons. The summed E-state index contributed by atoms with van der Waals surface area (Å²) in [5.74, 6) is 0.360. The standard InChI is InChI=1S/C16H20BrN3O3/c1-15(2,3)16-8-9(16)7-10(20(16)14(22)23)13(21)19-12-6-4-5-11(17)18-12/h4-6,9-10H,7-8H2,1-3H3,(H,22,23)(H,18,19,21)/t9-,10+,16-/m1/s1. The number of rotatable bonds is 2. The van der Waals surface area contributed by atoms with Crippen LogP contribution in [0.4, 0.5) is 10.6 Å². The third-order valence-corrected chi connectivity index (χ3v) is 5.54. The number of carboxylic acid groups (broad SMARTS) is 1. The Morgan fingerprint density at radius 1 is 1.43 bits per heavy atom. The van der Waals surface area contributed by atoms with Gasteiger partial charge >= 0.3 is 6.09 Å². The molecule has 6 nitrogen and oxygen atoms in total. The second kappa shape index (κ2) is 5.19. The number of carbonyl (C=O) groups excluding carboxylic acids is 1. The van der Waals surface area contributed by atoms with Crippen LogP contribution in [0, 0.1) is 11.3 Å². The minimum absolute atomic E-state index is 0.195. The van der Waals surface area contributed by atoms with Gasteiger partial charge in [0.1, 0.15) is 16.5 Å². The van der Waals surface area contributed by atoms with Gasteiger partial charge in [0, 0.05) is 0 Å². The van der Waals surface area contributed by atoms with Crippen LogP contribution in [-0.4, -0.2) is 38.6 Å². The molecule has 2 heterocycles. The zero-order chi connectivity index (χ0) is 17.0. The van der Waals surface area contributed by atoms with Crippen LogP contribution in [-0.2, 0) is 4.79 Å². The first-order valence-corrected chi connectivity index (χ1v) is 8.42. The third-order valence-electron chi connectivity index (χ3n) is 5.10. The molecule has 124 valence electrons. The highest BCUT2D eigenvalue weighted by Gasteiger charge is 2.72. The smallest absolute Gasteiger partial charge is 0.408 e. The van der Waals surface area contributed by atoms with Crippen molar-refractivity contribution in [1.29, 1.82) is 0 Å². The van der Waals surface area contributed by atoms with Crippen LogP contribution < -0.4 is 5.32 Å². The van der Waals surface area contributed by atoms with Crippen molar-refractivity contribution in [1.82, 2.24) is 9.88 Å². The number of piperidine rings is 1. The number of hydrogen-bond acceptors (Lipinski definition) is 3. The van der Waals surface area contributed by atoms with Crippen molar-refractivity contribution in [2.24, 2.45) is 11.3 Å². The molecule has 1 aliphatic carbocycles. The van der Waals surface area contributed by atoms with E-state index in [4.69, 9.17) is 0 Å². The van der Waals surface area contributed by atoms with E-state index in [2.05, 4.69) is 26.2 Å². The first-order chi connectivity index (χ1) is 10.7. The van der Waals surface area contributed by atoms with Gasteiger partial charge in [0.2, 0.25) is 5.91 Å². The lowest BCUT2D eigenvalue weighted by Gasteiger charge is -2.39. The summed E-state index contributed by atoms with van der Waals surface area (Å²) in [7, 11) is 0. The Balaban J connectivity index is 1.83. The lowest BCUT2D eigenvalue weighted by Crippen LogP contribution is -2.54. The summed E-state index contributed by atoms with van der Waals surface area (Å²) in [6.45, 7) is 6.12. The zero-order valence-corrected chi connectivity index (χ0v) is 14.9. The zero-order valence-electron chi connectivity index (χ0n) is 13.3. The van der Waals surface area contributed by atoms with Crippen LogP contribution in [0.5, 0.6) is 0 Å². The molecule has 0 aromatic carbocycles. The number of pyridine rings is 1. The number of nitrogens with zero attached hydrogens (tertiary/aromatic N) is 2. The number of amides is 2. The molecule has 2 aliphatic rings. The molecular formula is C16H20BrN3O3. The van der Waals surface area contributed by atoms with Crippen molar-refractivity contribution in [2.45, 2.75) is 45.2 Å². The van der Waals surface area contributed by atoms with E-state index in [9.17, 15) is 14.7 Å². The summed E-state index contributed by atoms with van der Waals surface area (Å²) in [5.41, 5.74) is -0.620. The molecule has 7 heteroatoms. The molecule has 0 unspecified atom stereocenters. The van der Waals surface area contributed by atoms with E-state index in [0.29, 0.717) is 16.8 Å². The molecule has 1 saturated heterocycles. The lowest BCUT2D eigenvalue weighted by atomic mass is 9.82. The highest BCUT2D eigenvalue weighted by atomic mass is 79.9. The van der Waals surface area contributed by atoms with Crippen LogP contribution in [0.25, 0.3) is 0 Å². The second-order valence-electron chi connectivity index (χ2n) is 7.31. The first-order valence-electron chi connectivity index (χ1n) is 7.62.